The second kappa shape index (κ2) is 5.46. The molecule has 1 aromatic heterocycles. The molecule has 1 aliphatic rings. The topological polar surface area (TPSA) is 41.0 Å². The van der Waals surface area contributed by atoms with E-state index in [1.165, 1.54) is 6.07 Å². The van der Waals surface area contributed by atoms with Crippen LogP contribution in [0.15, 0.2) is 23.0 Å². The van der Waals surface area contributed by atoms with Gasteiger partial charge in [-0.2, -0.15) is 13.2 Å². The monoisotopic (exact) mass is 313 g/mol. The van der Waals surface area contributed by atoms with E-state index in [1.54, 1.807) is 4.57 Å². The van der Waals surface area contributed by atoms with Crippen molar-refractivity contribution in [1.82, 2.24) is 14.5 Å². The third kappa shape index (κ3) is 2.65. The molecule has 1 N–H and O–H groups in total. The second-order valence-corrected chi connectivity index (χ2v) is 5.72. The molecular formula is C15H18F3N3O. The number of rotatable bonds is 2. The predicted octanol–water partition coefficient (Wildman–Crippen LogP) is 3.01. The average Bonchev–Trinajstić information content (AvgIpc) is 2.81. The maximum Gasteiger partial charge on any atom is 0.416 e. The summed E-state index contributed by atoms with van der Waals surface area (Å²) < 4.78 is 39.9. The summed E-state index contributed by atoms with van der Waals surface area (Å²) in [5.41, 5.74) is -0.293. The summed E-state index contributed by atoms with van der Waals surface area (Å²) in [5.74, 6) is 0. The Bertz CT molecular complexity index is 732. The first-order valence-corrected chi connectivity index (χ1v) is 7.44. The lowest BCUT2D eigenvalue weighted by Crippen LogP contribution is -2.38. The number of hydrogen-bond donors (Lipinski definition) is 1. The van der Waals surface area contributed by atoms with Crippen molar-refractivity contribution >= 4 is 11.0 Å². The third-order valence-electron chi connectivity index (χ3n) is 4.34. The Hall–Kier alpha value is -1.76. The predicted molar refractivity (Wildman–Crippen MR) is 77.9 cm³/mol. The fourth-order valence-electron chi connectivity index (χ4n) is 3.20. The Kier molecular flexibility index (Phi) is 3.76. The smallest absolute Gasteiger partial charge is 0.306 e. The Morgan fingerprint density at radius 3 is 2.82 bits per heavy atom. The number of alkyl halides is 3. The van der Waals surface area contributed by atoms with Crippen LogP contribution < -0.4 is 5.69 Å². The van der Waals surface area contributed by atoms with Gasteiger partial charge in [0.25, 0.3) is 0 Å². The van der Waals surface area contributed by atoms with E-state index in [4.69, 9.17) is 0 Å². The van der Waals surface area contributed by atoms with Crippen LogP contribution in [0.1, 0.15) is 31.4 Å². The molecule has 2 aromatic rings. The van der Waals surface area contributed by atoms with E-state index in [9.17, 15) is 18.0 Å². The van der Waals surface area contributed by atoms with Gasteiger partial charge in [-0.05, 0) is 44.1 Å². The molecule has 7 heteroatoms. The van der Waals surface area contributed by atoms with Crippen LogP contribution in [0.4, 0.5) is 13.2 Å². The molecule has 0 radical (unpaired) electrons. The van der Waals surface area contributed by atoms with Gasteiger partial charge in [0.15, 0.2) is 0 Å². The summed E-state index contributed by atoms with van der Waals surface area (Å²) in [6, 6.07) is 3.44. The third-order valence-corrected chi connectivity index (χ3v) is 4.34. The number of fused-ring (bicyclic) bond motifs is 1. The highest BCUT2D eigenvalue weighted by Gasteiger charge is 2.31. The van der Waals surface area contributed by atoms with Gasteiger partial charge in [-0.1, -0.05) is 6.92 Å². The summed E-state index contributed by atoms with van der Waals surface area (Å²) in [6.07, 6.45) is -2.56. The van der Waals surface area contributed by atoms with Crippen LogP contribution in [0.25, 0.3) is 11.0 Å². The van der Waals surface area contributed by atoms with Crippen LogP contribution in [-0.4, -0.2) is 34.1 Å². The molecule has 1 atom stereocenters. The maximum absolute atomic E-state index is 12.8. The standard InChI is InChI=1S/C15H18F3N3O/c1-2-20-7-3-4-11(9-20)21-13-6-5-10(15(16,17)18)8-12(13)19-14(21)22/h5-6,8,11H,2-4,7,9H2,1H3,(H,19,22). The highest BCUT2D eigenvalue weighted by Crippen LogP contribution is 2.31. The lowest BCUT2D eigenvalue weighted by Gasteiger charge is -2.32. The van der Waals surface area contributed by atoms with E-state index in [-0.39, 0.29) is 17.2 Å². The first kappa shape index (κ1) is 15.1. The molecule has 0 aliphatic carbocycles. The molecule has 1 aliphatic heterocycles. The highest BCUT2D eigenvalue weighted by atomic mass is 19.4. The SMILES string of the molecule is CCN1CCCC(n2c(=O)[nH]c3cc(C(F)(F)F)ccc32)C1. The van der Waals surface area contributed by atoms with E-state index in [0.29, 0.717) is 5.52 Å². The van der Waals surface area contributed by atoms with Crippen molar-refractivity contribution in [2.24, 2.45) is 0 Å². The van der Waals surface area contributed by atoms with E-state index in [1.807, 2.05) is 0 Å². The lowest BCUT2D eigenvalue weighted by molar-refractivity contribution is -0.137. The van der Waals surface area contributed by atoms with Crippen LogP contribution in [0, 0.1) is 0 Å². The molecule has 1 aromatic carbocycles. The zero-order valence-corrected chi connectivity index (χ0v) is 12.3. The van der Waals surface area contributed by atoms with Gasteiger partial charge < -0.3 is 9.88 Å². The number of halogens is 3. The van der Waals surface area contributed by atoms with Gasteiger partial charge in [-0.15, -0.1) is 0 Å². The van der Waals surface area contributed by atoms with Gasteiger partial charge in [-0.25, -0.2) is 4.79 Å². The number of H-pyrrole nitrogens is 1. The molecule has 0 amide bonds. The largest absolute Gasteiger partial charge is 0.416 e. The van der Waals surface area contributed by atoms with E-state index in [2.05, 4.69) is 16.8 Å². The minimum Gasteiger partial charge on any atom is -0.306 e. The molecule has 2 heterocycles. The first-order valence-electron chi connectivity index (χ1n) is 7.44. The zero-order chi connectivity index (χ0) is 15.9. The van der Waals surface area contributed by atoms with Crippen molar-refractivity contribution in [2.75, 3.05) is 19.6 Å². The van der Waals surface area contributed by atoms with Crippen molar-refractivity contribution in [2.45, 2.75) is 32.0 Å². The van der Waals surface area contributed by atoms with Gasteiger partial charge in [0.2, 0.25) is 0 Å². The summed E-state index contributed by atoms with van der Waals surface area (Å²) in [4.78, 5) is 17.0. The quantitative estimate of drug-likeness (QED) is 0.926. The number of benzene rings is 1. The van der Waals surface area contributed by atoms with Crippen molar-refractivity contribution in [3.63, 3.8) is 0 Å². The summed E-state index contributed by atoms with van der Waals surface area (Å²) >= 11 is 0. The van der Waals surface area contributed by atoms with Gasteiger partial charge in [0.05, 0.1) is 22.6 Å². The average molecular weight is 313 g/mol. The summed E-state index contributed by atoms with van der Waals surface area (Å²) in [6.45, 7) is 4.73. The Morgan fingerprint density at radius 2 is 2.14 bits per heavy atom. The van der Waals surface area contributed by atoms with Crippen LogP contribution in [-0.2, 0) is 6.18 Å². The summed E-state index contributed by atoms with van der Waals surface area (Å²) in [5, 5.41) is 0. The van der Waals surface area contributed by atoms with Crippen LogP contribution in [0.2, 0.25) is 0 Å². The number of hydrogen-bond acceptors (Lipinski definition) is 2. The fourth-order valence-corrected chi connectivity index (χ4v) is 3.20. The number of aromatic amines is 1. The minimum atomic E-state index is -4.41. The maximum atomic E-state index is 12.8. The van der Waals surface area contributed by atoms with Crippen LogP contribution in [0.3, 0.4) is 0 Å². The number of piperidine rings is 1. The van der Waals surface area contributed by atoms with Gasteiger partial charge >= 0.3 is 11.9 Å². The number of imidazole rings is 1. The Morgan fingerprint density at radius 1 is 1.36 bits per heavy atom. The molecule has 1 fully saturated rings. The van der Waals surface area contributed by atoms with Crippen molar-refractivity contribution in [3.05, 3.63) is 34.2 Å². The van der Waals surface area contributed by atoms with Gasteiger partial charge in [0, 0.05) is 6.54 Å². The molecule has 120 valence electrons. The Labute approximate surface area is 125 Å². The molecule has 1 saturated heterocycles. The number of likely N-dealkylation sites (tertiary alicyclic amines) is 1. The summed E-state index contributed by atoms with van der Waals surface area (Å²) in [7, 11) is 0. The van der Waals surface area contributed by atoms with Crippen molar-refractivity contribution in [3.8, 4) is 0 Å². The normalized spacial score (nSPS) is 20.6. The number of nitrogens with one attached hydrogen (secondary N) is 1. The minimum absolute atomic E-state index is 0.00619. The van der Waals surface area contributed by atoms with Gasteiger partial charge in [-0.3, -0.25) is 4.57 Å². The fraction of sp³-hybridized carbons (Fsp3) is 0.533. The van der Waals surface area contributed by atoms with Crippen LogP contribution in [0.5, 0.6) is 0 Å². The van der Waals surface area contributed by atoms with Gasteiger partial charge in [0.1, 0.15) is 0 Å². The molecular weight excluding hydrogens is 295 g/mol. The van der Waals surface area contributed by atoms with Crippen LogP contribution >= 0.6 is 0 Å². The van der Waals surface area contributed by atoms with E-state index < -0.39 is 11.7 Å². The first-order chi connectivity index (χ1) is 10.4. The highest BCUT2D eigenvalue weighted by molar-refractivity contribution is 5.76. The zero-order valence-electron chi connectivity index (χ0n) is 12.3. The van der Waals surface area contributed by atoms with E-state index in [0.717, 1.165) is 44.6 Å². The number of nitrogens with zero attached hydrogens (tertiary/aromatic N) is 2. The lowest BCUT2D eigenvalue weighted by atomic mass is 10.1. The number of aromatic nitrogens is 2. The molecule has 0 saturated carbocycles. The molecule has 22 heavy (non-hydrogen) atoms. The number of likely N-dealkylation sites (N-methyl/N-ethyl adjacent to an activating group) is 1. The Balaban J connectivity index is 2.03. The van der Waals surface area contributed by atoms with Crippen molar-refractivity contribution < 1.29 is 13.2 Å². The molecule has 4 nitrogen and oxygen atoms in total. The molecule has 0 spiro atoms. The second-order valence-electron chi connectivity index (χ2n) is 5.72. The van der Waals surface area contributed by atoms with Crippen molar-refractivity contribution in [1.29, 1.82) is 0 Å². The van der Waals surface area contributed by atoms with E-state index >= 15 is 0 Å². The molecule has 1 unspecified atom stereocenters. The molecule has 3 rings (SSSR count). The molecule has 0 bridgehead atoms.